The summed E-state index contributed by atoms with van der Waals surface area (Å²) in [6, 6.07) is 8.47. The van der Waals surface area contributed by atoms with Crippen LogP contribution >= 0.6 is 34.7 Å². The van der Waals surface area contributed by atoms with E-state index in [9.17, 15) is 0 Å². The third-order valence-corrected chi connectivity index (χ3v) is 5.54. The molecular weight excluding hydrogens is 336 g/mol. The second kappa shape index (κ2) is 5.95. The summed E-state index contributed by atoms with van der Waals surface area (Å²) in [6.45, 7) is 2.60. The molecule has 0 aliphatic carbocycles. The van der Waals surface area contributed by atoms with Crippen molar-refractivity contribution in [2.24, 2.45) is 4.99 Å². The number of thiazole rings is 1. The minimum atomic E-state index is 0.583. The Balaban J connectivity index is 1.50. The maximum absolute atomic E-state index is 5.86. The van der Waals surface area contributed by atoms with Gasteiger partial charge in [0.05, 0.1) is 18.8 Å². The fourth-order valence-corrected chi connectivity index (χ4v) is 4.37. The monoisotopic (exact) mass is 348 g/mol. The molecule has 0 amide bonds. The van der Waals surface area contributed by atoms with Crippen molar-refractivity contribution < 1.29 is 0 Å². The van der Waals surface area contributed by atoms with E-state index in [1.54, 1.807) is 11.8 Å². The Morgan fingerprint density at radius 2 is 2.32 bits per heavy atom. The van der Waals surface area contributed by atoms with Gasteiger partial charge in [-0.2, -0.15) is 0 Å². The van der Waals surface area contributed by atoms with Crippen molar-refractivity contribution in [1.29, 1.82) is 0 Å². The van der Waals surface area contributed by atoms with Crippen molar-refractivity contribution in [3.8, 4) is 0 Å². The Kier molecular flexibility index (Phi) is 3.82. The molecule has 1 N–H and O–H groups in total. The van der Waals surface area contributed by atoms with Crippen LogP contribution < -0.4 is 5.32 Å². The van der Waals surface area contributed by atoms with Crippen LogP contribution in [0.3, 0.4) is 0 Å². The zero-order chi connectivity index (χ0) is 14.9. The summed E-state index contributed by atoms with van der Waals surface area (Å²) in [5, 5.41) is 6.73. The van der Waals surface area contributed by atoms with Gasteiger partial charge < -0.3 is 10.2 Å². The van der Waals surface area contributed by atoms with Crippen LogP contribution in [0.1, 0.15) is 10.4 Å². The van der Waals surface area contributed by atoms with Gasteiger partial charge in [0.15, 0.2) is 9.63 Å². The highest BCUT2D eigenvalue weighted by Gasteiger charge is 2.26. The van der Waals surface area contributed by atoms with E-state index in [1.165, 1.54) is 22.6 Å². The van der Waals surface area contributed by atoms with Gasteiger partial charge in [-0.1, -0.05) is 35.5 Å². The van der Waals surface area contributed by atoms with Crippen molar-refractivity contribution in [2.75, 3.05) is 18.4 Å². The number of thioether (sulfide) groups is 1. The van der Waals surface area contributed by atoms with Crippen LogP contribution in [0.15, 0.2) is 40.9 Å². The number of hydrogen-bond acceptors (Lipinski definition) is 6. The first-order valence-electron chi connectivity index (χ1n) is 6.93. The number of amidine groups is 1. The predicted octanol–water partition coefficient (Wildman–Crippen LogP) is 4.13. The summed E-state index contributed by atoms with van der Waals surface area (Å²) in [4.78, 5) is 12.0. The van der Waals surface area contributed by atoms with Gasteiger partial charge in [-0.15, -0.1) is 11.3 Å². The normalized spacial score (nSPS) is 16.5. The molecule has 1 aromatic heterocycles. The number of fused-ring (bicyclic) bond motifs is 1. The Labute approximate surface area is 141 Å². The van der Waals surface area contributed by atoms with Crippen molar-refractivity contribution in [1.82, 2.24) is 9.88 Å². The van der Waals surface area contributed by atoms with Crippen molar-refractivity contribution in [3.63, 3.8) is 0 Å². The molecule has 2 aliphatic rings. The number of aromatic nitrogens is 1. The molecule has 4 nitrogen and oxygen atoms in total. The number of benzene rings is 1. The standard InChI is InChI=1S/C15H13ClN4S2/c16-14-19-8-12(22-14)7-18-11-3-1-2-10(6-11)13-9-21-15-17-4-5-20(13)15/h1-3,6,8-9,18H,4-5,7H2. The van der Waals surface area contributed by atoms with Crippen LogP contribution in [0.25, 0.3) is 5.70 Å². The Bertz CT molecular complexity index is 768. The van der Waals surface area contributed by atoms with E-state index < -0.39 is 0 Å². The predicted molar refractivity (Wildman–Crippen MR) is 95.5 cm³/mol. The topological polar surface area (TPSA) is 40.5 Å². The highest BCUT2D eigenvalue weighted by Crippen LogP contribution is 2.35. The lowest BCUT2D eigenvalue weighted by Crippen LogP contribution is -2.19. The third kappa shape index (κ3) is 2.74. The number of rotatable bonds is 4. The Hall–Kier alpha value is -1.50. The van der Waals surface area contributed by atoms with Gasteiger partial charge in [-0.05, 0) is 12.1 Å². The molecule has 1 aromatic carbocycles. The molecule has 112 valence electrons. The van der Waals surface area contributed by atoms with Gasteiger partial charge in [0, 0.05) is 34.3 Å². The number of nitrogens with one attached hydrogen (secondary N) is 1. The van der Waals surface area contributed by atoms with Crippen molar-refractivity contribution in [2.45, 2.75) is 6.54 Å². The number of aliphatic imine (C=N–C) groups is 1. The number of halogens is 1. The largest absolute Gasteiger partial charge is 0.380 e. The Morgan fingerprint density at radius 1 is 1.36 bits per heavy atom. The summed E-state index contributed by atoms with van der Waals surface area (Å²) in [5.41, 5.74) is 3.55. The fraction of sp³-hybridized carbons (Fsp3) is 0.200. The lowest BCUT2D eigenvalue weighted by Gasteiger charge is -2.17. The van der Waals surface area contributed by atoms with Gasteiger partial charge in [-0.3, -0.25) is 4.99 Å². The summed E-state index contributed by atoms with van der Waals surface area (Å²) in [5.74, 6) is 0. The molecule has 0 bridgehead atoms. The average molecular weight is 349 g/mol. The molecule has 0 fully saturated rings. The van der Waals surface area contributed by atoms with E-state index in [2.05, 4.69) is 49.9 Å². The average Bonchev–Trinajstić information content (AvgIpc) is 3.21. The number of nitrogens with zero attached hydrogens (tertiary/aromatic N) is 3. The van der Waals surface area contributed by atoms with E-state index >= 15 is 0 Å². The molecule has 2 aromatic rings. The molecule has 0 saturated carbocycles. The molecule has 2 aliphatic heterocycles. The first-order chi connectivity index (χ1) is 10.8. The van der Waals surface area contributed by atoms with E-state index in [-0.39, 0.29) is 0 Å². The summed E-state index contributed by atoms with van der Waals surface area (Å²) in [7, 11) is 0. The highest BCUT2D eigenvalue weighted by molar-refractivity contribution is 8.16. The summed E-state index contributed by atoms with van der Waals surface area (Å²) >= 11 is 9.07. The van der Waals surface area contributed by atoms with E-state index in [1.807, 2.05) is 6.20 Å². The second-order valence-corrected chi connectivity index (χ2v) is 7.48. The number of hydrogen-bond donors (Lipinski definition) is 1. The minimum Gasteiger partial charge on any atom is -0.380 e. The van der Waals surface area contributed by atoms with E-state index in [0.29, 0.717) is 4.47 Å². The molecular formula is C15H13ClN4S2. The maximum Gasteiger partial charge on any atom is 0.183 e. The molecule has 0 radical (unpaired) electrons. The third-order valence-electron chi connectivity index (χ3n) is 3.52. The molecule has 0 atom stereocenters. The van der Waals surface area contributed by atoms with Crippen molar-refractivity contribution >= 4 is 51.3 Å². The van der Waals surface area contributed by atoms with Crippen molar-refractivity contribution in [3.05, 3.63) is 50.8 Å². The van der Waals surface area contributed by atoms with Crippen LogP contribution in [0.4, 0.5) is 5.69 Å². The quantitative estimate of drug-likeness (QED) is 0.902. The van der Waals surface area contributed by atoms with Crippen LogP contribution in [-0.2, 0) is 6.54 Å². The van der Waals surface area contributed by atoms with Gasteiger partial charge in [-0.25, -0.2) is 4.98 Å². The first-order valence-corrected chi connectivity index (χ1v) is 9.00. The SMILES string of the molecule is Clc1ncc(CNc2cccc(C3=CSC4=NCCN34)c2)s1. The lowest BCUT2D eigenvalue weighted by atomic mass is 10.1. The first kappa shape index (κ1) is 14.1. The van der Waals surface area contributed by atoms with Crippen LogP contribution in [0, 0.1) is 0 Å². The molecule has 0 spiro atoms. The summed E-state index contributed by atoms with van der Waals surface area (Å²) < 4.78 is 0.583. The summed E-state index contributed by atoms with van der Waals surface area (Å²) in [6.07, 6.45) is 1.81. The van der Waals surface area contributed by atoms with Gasteiger partial charge in [0.25, 0.3) is 0 Å². The molecule has 0 unspecified atom stereocenters. The molecule has 3 heterocycles. The minimum absolute atomic E-state index is 0.583. The second-order valence-electron chi connectivity index (χ2n) is 4.95. The highest BCUT2D eigenvalue weighted by atomic mass is 35.5. The fourth-order valence-electron chi connectivity index (χ4n) is 2.49. The van der Waals surface area contributed by atoms with Crippen LogP contribution in [0.5, 0.6) is 0 Å². The van der Waals surface area contributed by atoms with Crippen LogP contribution in [-0.4, -0.2) is 28.1 Å². The van der Waals surface area contributed by atoms with E-state index in [0.717, 1.165) is 35.4 Å². The Morgan fingerprint density at radius 3 is 3.18 bits per heavy atom. The molecule has 22 heavy (non-hydrogen) atoms. The van der Waals surface area contributed by atoms with Crippen LogP contribution in [0.2, 0.25) is 4.47 Å². The van der Waals surface area contributed by atoms with E-state index in [4.69, 9.17) is 11.6 Å². The molecule has 7 heteroatoms. The lowest BCUT2D eigenvalue weighted by molar-refractivity contribution is 0.650. The molecule has 4 rings (SSSR count). The maximum atomic E-state index is 5.86. The number of anilines is 1. The van der Waals surface area contributed by atoms with Gasteiger partial charge in [0.1, 0.15) is 0 Å². The molecule has 0 saturated heterocycles. The zero-order valence-corrected chi connectivity index (χ0v) is 14.0. The smallest absolute Gasteiger partial charge is 0.183 e. The van der Waals surface area contributed by atoms with Gasteiger partial charge in [0.2, 0.25) is 0 Å². The zero-order valence-electron chi connectivity index (χ0n) is 11.6. The van der Waals surface area contributed by atoms with Gasteiger partial charge >= 0.3 is 0 Å².